The molecule has 9 heteroatoms. The number of alkyl halides is 4. The fourth-order valence-electron chi connectivity index (χ4n) is 5.32. The summed E-state index contributed by atoms with van der Waals surface area (Å²) in [4.78, 5) is 0. The molecular weight excluding hydrogens is 528 g/mol. The molecule has 2 aromatic rings. The van der Waals surface area contributed by atoms with Crippen LogP contribution >= 0.6 is 0 Å². The van der Waals surface area contributed by atoms with Crippen LogP contribution < -0.4 is 4.74 Å². The second kappa shape index (κ2) is 10.6. The van der Waals surface area contributed by atoms with Crippen molar-refractivity contribution in [3.63, 3.8) is 0 Å². The summed E-state index contributed by atoms with van der Waals surface area (Å²) in [6, 6.07) is 4.18. The fourth-order valence-corrected chi connectivity index (χ4v) is 5.32. The summed E-state index contributed by atoms with van der Waals surface area (Å²) in [5.41, 5.74) is -5.65. The third kappa shape index (κ3) is 4.76. The lowest BCUT2D eigenvalue weighted by Gasteiger charge is -2.36. The second-order valence-electron chi connectivity index (χ2n) is 10.5. The Kier molecular flexibility index (Phi) is 7.94. The molecule has 0 amide bonds. The van der Waals surface area contributed by atoms with Crippen molar-refractivity contribution in [1.29, 1.82) is 0 Å². The molecule has 4 rings (SSSR count). The number of fused-ring (bicyclic) bond motifs is 3. The molecule has 2 aliphatic carbocycles. The number of allylic oxidation sites excluding steroid dienone is 2. The molecule has 0 aromatic heterocycles. The van der Waals surface area contributed by atoms with Crippen LogP contribution in [0.4, 0.5) is 35.1 Å². The normalized spacial score (nSPS) is 21.4. The van der Waals surface area contributed by atoms with Crippen molar-refractivity contribution >= 4 is 0 Å². The van der Waals surface area contributed by atoms with Crippen molar-refractivity contribution in [2.75, 3.05) is 6.61 Å². The maximum absolute atomic E-state index is 15.4. The quantitative estimate of drug-likeness (QED) is 0.220. The van der Waals surface area contributed by atoms with E-state index in [0.717, 1.165) is 31.0 Å². The van der Waals surface area contributed by atoms with E-state index in [1.807, 2.05) is 6.92 Å². The summed E-state index contributed by atoms with van der Waals surface area (Å²) in [6.45, 7) is 4.57. The Morgan fingerprint density at radius 1 is 0.795 bits per heavy atom. The predicted molar refractivity (Wildman–Crippen MR) is 133 cm³/mol. The van der Waals surface area contributed by atoms with Crippen molar-refractivity contribution in [1.82, 2.24) is 0 Å². The summed E-state index contributed by atoms with van der Waals surface area (Å²) < 4.78 is 126. The zero-order chi connectivity index (χ0) is 28.8. The van der Waals surface area contributed by atoms with Gasteiger partial charge in [0.05, 0.1) is 11.1 Å². The lowest BCUT2D eigenvalue weighted by molar-refractivity contribution is -0.228. The highest BCUT2D eigenvalue weighted by molar-refractivity contribution is 5.77. The zero-order valence-corrected chi connectivity index (χ0v) is 22.0. The van der Waals surface area contributed by atoms with E-state index >= 15 is 22.0 Å². The summed E-state index contributed by atoms with van der Waals surface area (Å²) >= 11 is 0. The molecule has 1 atom stereocenters. The minimum atomic E-state index is -5.11. The summed E-state index contributed by atoms with van der Waals surface area (Å²) in [7, 11) is 0. The Morgan fingerprint density at radius 2 is 1.41 bits per heavy atom. The fraction of sp³-hybridized carbons (Fsp3) is 0.467. The van der Waals surface area contributed by atoms with E-state index in [2.05, 4.69) is 0 Å². The zero-order valence-electron chi connectivity index (χ0n) is 22.0. The van der Waals surface area contributed by atoms with Gasteiger partial charge in [0.1, 0.15) is 18.3 Å². The van der Waals surface area contributed by atoms with Crippen LogP contribution in [0.15, 0.2) is 47.6 Å². The Labute approximate surface area is 222 Å². The van der Waals surface area contributed by atoms with Gasteiger partial charge in [-0.05, 0) is 48.1 Å². The van der Waals surface area contributed by atoms with Crippen molar-refractivity contribution in [2.24, 2.45) is 5.41 Å². The van der Waals surface area contributed by atoms with Gasteiger partial charge in [0, 0.05) is 11.0 Å². The van der Waals surface area contributed by atoms with E-state index in [9.17, 15) is 13.2 Å². The van der Waals surface area contributed by atoms with Crippen molar-refractivity contribution in [3.8, 4) is 16.9 Å². The average molecular weight is 559 g/mol. The average Bonchev–Trinajstić information content (AvgIpc) is 2.88. The molecule has 39 heavy (non-hydrogen) atoms. The number of halogens is 8. The van der Waals surface area contributed by atoms with Gasteiger partial charge in [-0.2, -0.15) is 17.6 Å². The van der Waals surface area contributed by atoms with Crippen LogP contribution in [0.3, 0.4) is 0 Å². The summed E-state index contributed by atoms with van der Waals surface area (Å²) in [6.07, 6.45) is 4.95. The molecule has 2 aromatic carbocycles. The SMILES string of the molecule is CCCCCC1(C)CC=C(COc2ccc3c(c2F)C(F)(F)C(F)(F)c2c-3ccc(CCC)c2F)C(F)=C1F. The number of rotatable bonds is 9. The highest BCUT2D eigenvalue weighted by atomic mass is 19.3. The highest BCUT2D eigenvalue weighted by Crippen LogP contribution is 2.60. The van der Waals surface area contributed by atoms with E-state index in [1.54, 1.807) is 13.8 Å². The first kappa shape index (κ1) is 29.2. The van der Waals surface area contributed by atoms with Gasteiger partial charge in [-0.15, -0.1) is 0 Å². The van der Waals surface area contributed by atoms with E-state index in [4.69, 9.17) is 4.74 Å². The Balaban J connectivity index is 1.67. The van der Waals surface area contributed by atoms with Gasteiger partial charge in [-0.3, -0.25) is 0 Å². The van der Waals surface area contributed by atoms with Crippen LogP contribution in [0.25, 0.3) is 11.1 Å². The minimum Gasteiger partial charge on any atom is -0.486 e. The number of aryl methyl sites for hydroxylation is 1. The Morgan fingerprint density at radius 3 is 2.03 bits per heavy atom. The largest absolute Gasteiger partial charge is 0.486 e. The lowest BCUT2D eigenvalue weighted by atomic mass is 9.76. The van der Waals surface area contributed by atoms with Crippen molar-refractivity contribution < 1.29 is 39.9 Å². The van der Waals surface area contributed by atoms with Crippen LogP contribution in [-0.4, -0.2) is 6.61 Å². The molecule has 1 unspecified atom stereocenters. The van der Waals surface area contributed by atoms with Gasteiger partial charge in [0.25, 0.3) is 0 Å². The van der Waals surface area contributed by atoms with Crippen LogP contribution in [-0.2, 0) is 18.3 Å². The predicted octanol–water partition coefficient (Wildman–Crippen LogP) is 10.2. The number of unbranched alkanes of at least 4 members (excludes halogenated alkanes) is 2. The molecular formula is C30H30F8O. The van der Waals surface area contributed by atoms with Gasteiger partial charge >= 0.3 is 11.8 Å². The Hall–Kier alpha value is -2.84. The molecule has 0 radical (unpaired) electrons. The van der Waals surface area contributed by atoms with Gasteiger partial charge < -0.3 is 4.74 Å². The molecule has 0 fully saturated rings. The summed E-state index contributed by atoms with van der Waals surface area (Å²) in [5.74, 6) is -16.3. The van der Waals surface area contributed by atoms with Crippen LogP contribution in [0.1, 0.15) is 76.0 Å². The number of ether oxygens (including phenoxy) is 1. The van der Waals surface area contributed by atoms with Gasteiger partial charge in [0.2, 0.25) is 0 Å². The molecule has 0 saturated carbocycles. The van der Waals surface area contributed by atoms with Crippen LogP contribution in [0.5, 0.6) is 5.75 Å². The van der Waals surface area contributed by atoms with E-state index in [1.165, 1.54) is 12.1 Å². The smallest absolute Gasteiger partial charge is 0.343 e. The molecule has 0 N–H and O–H groups in total. The third-order valence-electron chi connectivity index (χ3n) is 7.68. The van der Waals surface area contributed by atoms with E-state index in [0.29, 0.717) is 19.3 Å². The van der Waals surface area contributed by atoms with Crippen molar-refractivity contribution in [2.45, 2.75) is 77.6 Å². The monoisotopic (exact) mass is 558 g/mol. The van der Waals surface area contributed by atoms with Gasteiger partial charge in [0.15, 0.2) is 17.4 Å². The first-order valence-corrected chi connectivity index (χ1v) is 13.1. The van der Waals surface area contributed by atoms with Crippen LogP contribution in [0.2, 0.25) is 0 Å². The molecule has 212 valence electrons. The summed E-state index contributed by atoms with van der Waals surface area (Å²) in [5, 5.41) is 0. The number of hydrogen-bond donors (Lipinski definition) is 0. The van der Waals surface area contributed by atoms with Crippen LogP contribution in [0, 0.1) is 17.0 Å². The van der Waals surface area contributed by atoms with E-state index < -0.39 is 75.2 Å². The third-order valence-corrected chi connectivity index (χ3v) is 7.68. The number of benzene rings is 2. The minimum absolute atomic E-state index is 0.0636. The first-order valence-electron chi connectivity index (χ1n) is 13.1. The molecule has 0 heterocycles. The molecule has 0 aliphatic heterocycles. The maximum Gasteiger partial charge on any atom is 0.343 e. The molecule has 0 spiro atoms. The first-order chi connectivity index (χ1) is 18.3. The molecule has 1 nitrogen and oxygen atoms in total. The highest BCUT2D eigenvalue weighted by Gasteiger charge is 2.65. The lowest BCUT2D eigenvalue weighted by Crippen LogP contribution is -2.41. The van der Waals surface area contributed by atoms with Crippen molar-refractivity contribution in [3.05, 3.63) is 75.9 Å². The molecule has 2 aliphatic rings. The van der Waals surface area contributed by atoms with Gasteiger partial charge in [-0.1, -0.05) is 64.7 Å². The van der Waals surface area contributed by atoms with E-state index in [-0.39, 0.29) is 24.0 Å². The Bertz CT molecular complexity index is 1330. The van der Waals surface area contributed by atoms with Gasteiger partial charge in [-0.25, -0.2) is 17.6 Å². The number of hydrogen-bond acceptors (Lipinski definition) is 1. The standard InChI is InChI=1S/C30H30F8O/c1-4-6-7-14-28(3)15-13-18(25(32)27(28)34)16-39-21-12-11-20-19-10-9-17(8-5-2)24(31)22(19)29(35,36)30(37,38)23(20)26(21)33/h9-13H,4-8,14-16H2,1-3H3. The topological polar surface area (TPSA) is 9.23 Å². The molecule has 0 bridgehead atoms. The second-order valence-corrected chi connectivity index (χ2v) is 10.5. The maximum atomic E-state index is 15.4. The molecule has 0 saturated heterocycles.